The van der Waals surface area contributed by atoms with E-state index in [1.54, 1.807) is 24.3 Å². The summed E-state index contributed by atoms with van der Waals surface area (Å²) in [5.41, 5.74) is 8.24. The Morgan fingerprint density at radius 3 is 2.89 bits per heavy atom. The summed E-state index contributed by atoms with van der Waals surface area (Å²) in [6.45, 7) is 0. The highest BCUT2D eigenvalue weighted by molar-refractivity contribution is 7.99. The van der Waals surface area contributed by atoms with E-state index < -0.39 is 0 Å². The summed E-state index contributed by atoms with van der Waals surface area (Å²) in [5.74, 6) is 0. The topological polar surface area (TPSA) is 88.7 Å². The van der Waals surface area contributed by atoms with Gasteiger partial charge in [-0.25, -0.2) is 9.97 Å². The number of nitrogens with two attached hydrogens (primary N) is 1. The van der Waals surface area contributed by atoms with Crippen LogP contribution in [-0.2, 0) is 0 Å². The molecule has 0 saturated carbocycles. The van der Waals surface area contributed by atoms with Gasteiger partial charge in [-0.15, -0.1) is 0 Å². The van der Waals surface area contributed by atoms with Gasteiger partial charge < -0.3 is 10.2 Å². The van der Waals surface area contributed by atoms with Crippen LogP contribution in [0.2, 0.25) is 0 Å². The fraction of sp³-hybridized carbons (Fsp3) is 0. The quantitative estimate of drug-likeness (QED) is 0.719. The Hall–Kier alpha value is -2.52. The van der Waals surface area contributed by atoms with Crippen molar-refractivity contribution in [2.45, 2.75) is 10.2 Å². The van der Waals surface area contributed by atoms with Crippen molar-refractivity contribution in [3.63, 3.8) is 0 Å². The van der Waals surface area contributed by atoms with E-state index in [1.807, 2.05) is 12.1 Å². The first kappa shape index (κ1) is 11.6. The Labute approximate surface area is 113 Å². The summed E-state index contributed by atoms with van der Waals surface area (Å²) in [6.07, 6.45) is 1.52. The lowest BCUT2D eigenvalue weighted by Crippen LogP contribution is -1.81. The number of oxazole rings is 1. The number of aromatic nitrogens is 2. The van der Waals surface area contributed by atoms with Crippen LogP contribution in [0.1, 0.15) is 5.56 Å². The van der Waals surface area contributed by atoms with E-state index in [2.05, 4.69) is 9.97 Å². The molecule has 0 atom stereocenters. The van der Waals surface area contributed by atoms with Gasteiger partial charge in [0.1, 0.15) is 16.6 Å². The van der Waals surface area contributed by atoms with Gasteiger partial charge in [-0.05, 0) is 36.0 Å². The van der Waals surface area contributed by atoms with E-state index in [0.29, 0.717) is 22.1 Å². The van der Waals surface area contributed by atoms with Crippen molar-refractivity contribution >= 4 is 28.5 Å². The first-order chi connectivity index (χ1) is 9.24. The first-order valence-electron chi connectivity index (χ1n) is 5.45. The highest BCUT2D eigenvalue weighted by Crippen LogP contribution is 2.29. The number of pyridine rings is 1. The van der Waals surface area contributed by atoms with Crippen LogP contribution in [-0.4, -0.2) is 9.97 Å². The average Bonchev–Trinajstić information content (AvgIpc) is 2.81. The molecule has 0 bridgehead atoms. The Balaban J connectivity index is 1.90. The Morgan fingerprint density at radius 2 is 2.16 bits per heavy atom. The predicted octanol–water partition coefficient (Wildman–Crippen LogP) is 2.83. The fourth-order valence-electron chi connectivity index (χ4n) is 1.56. The summed E-state index contributed by atoms with van der Waals surface area (Å²) >= 11 is 1.30. The molecular formula is C13H8N4OS. The third kappa shape index (κ3) is 2.37. The van der Waals surface area contributed by atoms with Gasteiger partial charge in [-0.2, -0.15) is 5.26 Å². The van der Waals surface area contributed by atoms with E-state index in [0.717, 1.165) is 10.5 Å². The van der Waals surface area contributed by atoms with Crippen LogP contribution in [0, 0.1) is 11.3 Å². The lowest BCUT2D eigenvalue weighted by Gasteiger charge is -1.94. The van der Waals surface area contributed by atoms with E-state index in [1.165, 1.54) is 18.0 Å². The monoisotopic (exact) mass is 268 g/mol. The third-order valence-electron chi connectivity index (χ3n) is 2.45. The molecule has 0 amide bonds. The molecule has 0 fully saturated rings. The Kier molecular flexibility index (Phi) is 2.82. The number of nitrogens with zero attached hydrogens (tertiary/aromatic N) is 3. The van der Waals surface area contributed by atoms with Crippen molar-refractivity contribution < 1.29 is 4.42 Å². The SMILES string of the molecule is N#Cc1ccc(Sc2nc3ccc(N)cc3o2)nc1. The fourth-order valence-corrected chi connectivity index (χ4v) is 2.26. The average molecular weight is 268 g/mol. The summed E-state index contributed by atoms with van der Waals surface area (Å²) in [6, 6.07) is 10.8. The number of fused-ring (bicyclic) bond motifs is 1. The van der Waals surface area contributed by atoms with Gasteiger partial charge in [0.2, 0.25) is 0 Å². The molecule has 2 N–H and O–H groups in total. The van der Waals surface area contributed by atoms with E-state index in [9.17, 15) is 0 Å². The molecule has 0 radical (unpaired) electrons. The molecule has 3 aromatic rings. The maximum Gasteiger partial charge on any atom is 0.263 e. The van der Waals surface area contributed by atoms with Crippen molar-refractivity contribution in [1.82, 2.24) is 9.97 Å². The van der Waals surface area contributed by atoms with Crippen LogP contribution in [0.15, 0.2) is 51.2 Å². The number of benzene rings is 1. The molecule has 2 heterocycles. The molecule has 92 valence electrons. The van der Waals surface area contributed by atoms with Gasteiger partial charge in [0.15, 0.2) is 5.58 Å². The summed E-state index contributed by atoms with van der Waals surface area (Å²) in [7, 11) is 0. The lowest BCUT2D eigenvalue weighted by atomic mass is 10.3. The van der Waals surface area contributed by atoms with Gasteiger partial charge in [-0.3, -0.25) is 0 Å². The largest absolute Gasteiger partial charge is 0.431 e. The Bertz CT molecular complexity index is 773. The van der Waals surface area contributed by atoms with Crippen LogP contribution in [0.4, 0.5) is 5.69 Å². The molecule has 5 nitrogen and oxygen atoms in total. The molecule has 6 heteroatoms. The van der Waals surface area contributed by atoms with Crippen LogP contribution in [0.25, 0.3) is 11.1 Å². The molecule has 0 aliphatic heterocycles. The standard InChI is InChI=1S/C13H8N4OS/c14-6-8-1-4-12(16-7-8)19-13-17-10-3-2-9(15)5-11(10)18-13/h1-5,7H,15H2. The second-order valence-corrected chi connectivity index (χ2v) is 4.78. The molecule has 1 aromatic carbocycles. The maximum absolute atomic E-state index is 8.70. The number of nitrogen functional groups attached to an aromatic ring is 1. The van der Waals surface area contributed by atoms with Crippen LogP contribution in [0.5, 0.6) is 0 Å². The first-order valence-corrected chi connectivity index (χ1v) is 6.26. The van der Waals surface area contributed by atoms with Crippen molar-refractivity contribution in [2.75, 3.05) is 5.73 Å². The molecule has 2 aromatic heterocycles. The second-order valence-electron chi connectivity index (χ2n) is 3.81. The van der Waals surface area contributed by atoms with Gasteiger partial charge in [-0.1, -0.05) is 0 Å². The zero-order valence-corrected chi connectivity index (χ0v) is 10.5. The zero-order valence-electron chi connectivity index (χ0n) is 9.70. The van der Waals surface area contributed by atoms with E-state index >= 15 is 0 Å². The molecular weight excluding hydrogens is 260 g/mol. The molecule has 0 aliphatic carbocycles. The molecule has 0 unspecified atom stereocenters. The predicted molar refractivity (Wildman–Crippen MR) is 71.5 cm³/mol. The van der Waals surface area contributed by atoms with Crippen molar-refractivity contribution in [2.24, 2.45) is 0 Å². The van der Waals surface area contributed by atoms with Gasteiger partial charge >= 0.3 is 0 Å². The summed E-state index contributed by atoms with van der Waals surface area (Å²) in [4.78, 5) is 8.48. The van der Waals surface area contributed by atoms with E-state index in [4.69, 9.17) is 15.4 Å². The summed E-state index contributed by atoms with van der Waals surface area (Å²) in [5, 5.41) is 9.92. The van der Waals surface area contributed by atoms with Crippen LogP contribution >= 0.6 is 11.8 Å². The minimum Gasteiger partial charge on any atom is -0.431 e. The molecule has 0 spiro atoms. The lowest BCUT2D eigenvalue weighted by molar-refractivity contribution is 0.489. The number of rotatable bonds is 2. The maximum atomic E-state index is 8.70. The van der Waals surface area contributed by atoms with Crippen molar-refractivity contribution in [1.29, 1.82) is 5.26 Å². The molecule has 19 heavy (non-hydrogen) atoms. The number of nitriles is 1. The Morgan fingerprint density at radius 1 is 1.26 bits per heavy atom. The molecule has 0 aliphatic rings. The highest BCUT2D eigenvalue weighted by atomic mass is 32.2. The molecule has 3 rings (SSSR count). The van der Waals surface area contributed by atoms with Crippen molar-refractivity contribution in [3.8, 4) is 6.07 Å². The van der Waals surface area contributed by atoms with Crippen LogP contribution in [0.3, 0.4) is 0 Å². The minimum absolute atomic E-state index is 0.498. The summed E-state index contributed by atoms with van der Waals surface area (Å²) < 4.78 is 5.58. The minimum atomic E-state index is 0.498. The van der Waals surface area contributed by atoms with Gasteiger partial charge in [0.05, 0.1) is 5.56 Å². The van der Waals surface area contributed by atoms with Gasteiger partial charge in [0, 0.05) is 18.0 Å². The van der Waals surface area contributed by atoms with E-state index in [-0.39, 0.29) is 0 Å². The molecule has 0 saturated heterocycles. The second kappa shape index (κ2) is 4.63. The normalized spacial score (nSPS) is 10.5. The third-order valence-corrected chi connectivity index (χ3v) is 3.25. The zero-order chi connectivity index (χ0) is 13.2. The van der Waals surface area contributed by atoms with Gasteiger partial charge in [0.25, 0.3) is 5.22 Å². The smallest absolute Gasteiger partial charge is 0.263 e. The number of hydrogen-bond acceptors (Lipinski definition) is 6. The number of anilines is 1. The number of hydrogen-bond donors (Lipinski definition) is 1. The van der Waals surface area contributed by atoms with Crippen LogP contribution < -0.4 is 5.73 Å². The van der Waals surface area contributed by atoms with Crippen molar-refractivity contribution in [3.05, 3.63) is 42.1 Å². The highest BCUT2D eigenvalue weighted by Gasteiger charge is 2.08.